The lowest BCUT2D eigenvalue weighted by atomic mass is 9.74. The van der Waals surface area contributed by atoms with Gasteiger partial charge in [0.2, 0.25) is 0 Å². The number of carbonyl (C=O) groups is 1. The van der Waals surface area contributed by atoms with Crippen LogP contribution >= 0.6 is 0 Å². The Morgan fingerprint density at radius 1 is 1.20 bits per heavy atom. The number of amides is 1. The standard InChI is InChI=1S/C29H36N4O2/c1-33-14-11-29(12-15-33)10-9-24-18-23(7-8-26(24)29)22-5-3-21(4-6-22)17-25(19-30)32-28(34)27-20-31-13-2-16-35-27/h3-8,18,25,27,31H,2,9-17,20H2,1H3,(H,32,34)/t25-,27-/m0/s1. The van der Waals surface area contributed by atoms with E-state index >= 15 is 0 Å². The van der Waals surface area contributed by atoms with Crippen LogP contribution < -0.4 is 10.6 Å². The highest BCUT2D eigenvalue weighted by atomic mass is 16.5. The Bertz CT molecular complexity index is 1070. The summed E-state index contributed by atoms with van der Waals surface area (Å²) in [6, 6.07) is 17.1. The Hall–Kier alpha value is -2.72. The summed E-state index contributed by atoms with van der Waals surface area (Å²) in [5.74, 6) is -0.219. The van der Waals surface area contributed by atoms with Crippen LogP contribution in [0.5, 0.6) is 0 Å². The van der Waals surface area contributed by atoms with Gasteiger partial charge in [0.05, 0.1) is 6.07 Å². The third kappa shape index (κ3) is 5.28. The molecule has 0 unspecified atom stereocenters. The topological polar surface area (TPSA) is 77.4 Å². The molecule has 2 saturated heterocycles. The van der Waals surface area contributed by atoms with E-state index in [4.69, 9.17) is 4.74 Å². The van der Waals surface area contributed by atoms with E-state index in [0.29, 0.717) is 25.0 Å². The van der Waals surface area contributed by atoms with E-state index in [9.17, 15) is 10.1 Å². The van der Waals surface area contributed by atoms with Crippen molar-refractivity contribution in [3.8, 4) is 17.2 Å². The highest BCUT2D eigenvalue weighted by molar-refractivity contribution is 5.81. The Morgan fingerprint density at radius 3 is 2.74 bits per heavy atom. The van der Waals surface area contributed by atoms with Crippen LogP contribution in [0, 0.1) is 11.3 Å². The normalized spacial score (nSPS) is 22.7. The number of hydrogen-bond donors (Lipinski definition) is 2. The Labute approximate surface area is 208 Å². The second-order valence-corrected chi connectivity index (χ2v) is 10.5. The van der Waals surface area contributed by atoms with E-state index in [2.05, 4.69) is 71.1 Å². The molecule has 0 bridgehead atoms. The van der Waals surface area contributed by atoms with E-state index in [1.54, 1.807) is 5.56 Å². The number of rotatable bonds is 5. The summed E-state index contributed by atoms with van der Waals surface area (Å²) in [7, 11) is 2.23. The molecule has 2 aromatic carbocycles. The molecule has 2 heterocycles. The van der Waals surface area contributed by atoms with Crippen LogP contribution in [0.3, 0.4) is 0 Å². The van der Waals surface area contributed by atoms with E-state index in [0.717, 1.165) is 18.5 Å². The second kappa shape index (κ2) is 10.5. The Balaban J connectivity index is 1.23. The van der Waals surface area contributed by atoms with E-state index in [1.165, 1.54) is 55.5 Å². The van der Waals surface area contributed by atoms with Crippen molar-refractivity contribution in [2.24, 2.45) is 0 Å². The number of nitrogens with one attached hydrogen (secondary N) is 2. The molecule has 2 aliphatic heterocycles. The minimum Gasteiger partial charge on any atom is -0.367 e. The number of benzene rings is 2. The molecule has 3 aliphatic rings. The molecule has 2 N–H and O–H groups in total. The minimum absolute atomic E-state index is 0.219. The Kier molecular flexibility index (Phi) is 7.19. The monoisotopic (exact) mass is 472 g/mol. The largest absolute Gasteiger partial charge is 0.367 e. The lowest BCUT2D eigenvalue weighted by Crippen LogP contribution is -2.46. The number of hydrogen-bond acceptors (Lipinski definition) is 5. The molecule has 5 rings (SSSR count). The molecule has 35 heavy (non-hydrogen) atoms. The third-order valence-electron chi connectivity index (χ3n) is 8.13. The highest BCUT2D eigenvalue weighted by Gasteiger charge is 2.40. The van der Waals surface area contributed by atoms with Crippen LogP contribution in [0.4, 0.5) is 0 Å². The van der Waals surface area contributed by atoms with Gasteiger partial charge in [-0.05, 0) is 92.0 Å². The molecule has 2 atom stereocenters. The zero-order valence-electron chi connectivity index (χ0n) is 20.7. The summed E-state index contributed by atoms with van der Waals surface area (Å²) < 4.78 is 5.61. The number of nitriles is 1. The molecule has 1 aliphatic carbocycles. The van der Waals surface area contributed by atoms with Gasteiger partial charge in [0.1, 0.15) is 12.1 Å². The van der Waals surface area contributed by atoms with Gasteiger partial charge in [-0.25, -0.2) is 0 Å². The van der Waals surface area contributed by atoms with Crippen LogP contribution in [0.1, 0.15) is 42.4 Å². The summed E-state index contributed by atoms with van der Waals surface area (Å²) >= 11 is 0. The fraction of sp³-hybridized carbons (Fsp3) is 0.517. The Morgan fingerprint density at radius 2 is 1.97 bits per heavy atom. The smallest absolute Gasteiger partial charge is 0.251 e. The number of ether oxygens (including phenoxy) is 1. The van der Waals surface area contributed by atoms with Gasteiger partial charge in [-0.2, -0.15) is 5.26 Å². The molecule has 2 aromatic rings. The molecular weight excluding hydrogens is 436 g/mol. The van der Waals surface area contributed by atoms with Gasteiger partial charge < -0.3 is 20.3 Å². The zero-order valence-corrected chi connectivity index (χ0v) is 20.7. The van der Waals surface area contributed by atoms with Gasteiger partial charge >= 0.3 is 0 Å². The van der Waals surface area contributed by atoms with Crippen LogP contribution in [-0.4, -0.2) is 62.8 Å². The summed E-state index contributed by atoms with van der Waals surface area (Å²) in [4.78, 5) is 15.0. The van der Waals surface area contributed by atoms with E-state index < -0.39 is 12.1 Å². The maximum absolute atomic E-state index is 12.5. The second-order valence-electron chi connectivity index (χ2n) is 10.5. The number of piperidine rings is 1. The fourth-order valence-corrected chi connectivity index (χ4v) is 5.92. The van der Waals surface area contributed by atoms with Gasteiger partial charge in [0.25, 0.3) is 5.91 Å². The zero-order chi connectivity index (χ0) is 24.3. The summed E-state index contributed by atoms with van der Waals surface area (Å²) in [6.45, 7) is 4.28. The first kappa shape index (κ1) is 24.0. The number of fused-ring (bicyclic) bond motifs is 2. The third-order valence-corrected chi connectivity index (χ3v) is 8.13. The van der Waals surface area contributed by atoms with Crippen molar-refractivity contribution in [3.63, 3.8) is 0 Å². The van der Waals surface area contributed by atoms with Crippen LogP contribution in [-0.2, 0) is 27.8 Å². The molecule has 2 fully saturated rings. The van der Waals surface area contributed by atoms with Crippen molar-refractivity contribution in [1.82, 2.24) is 15.5 Å². The molecule has 0 saturated carbocycles. The molecule has 1 amide bonds. The average molecular weight is 473 g/mol. The van der Waals surface area contributed by atoms with Gasteiger partial charge in [-0.3, -0.25) is 4.79 Å². The average Bonchev–Trinajstić information content (AvgIpc) is 3.04. The van der Waals surface area contributed by atoms with Crippen LogP contribution in [0.2, 0.25) is 0 Å². The van der Waals surface area contributed by atoms with Crippen LogP contribution in [0.25, 0.3) is 11.1 Å². The molecule has 184 valence electrons. The van der Waals surface area contributed by atoms with Crippen molar-refractivity contribution < 1.29 is 9.53 Å². The van der Waals surface area contributed by atoms with Crippen molar-refractivity contribution in [2.45, 2.75) is 56.1 Å². The van der Waals surface area contributed by atoms with Crippen LogP contribution in [0.15, 0.2) is 42.5 Å². The molecular formula is C29H36N4O2. The van der Waals surface area contributed by atoms with Crippen molar-refractivity contribution in [1.29, 1.82) is 5.26 Å². The van der Waals surface area contributed by atoms with Gasteiger partial charge in [-0.1, -0.05) is 42.5 Å². The highest BCUT2D eigenvalue weighted by Crippen LogP contribution is 2.46. The van der Waals surface area contributed by atoms with E-state index in [-0.39, 0.29) is 5.91 Å². The van der Waals surface area contributed by atoms with Crippen molar-refractivity contribution in [3.05, 3.63) is 59.2 Å². The summed E-state index contributed by atoms with van der Waals surface area (Å²) in [5, 5.41) is 15.7. The van der Waals surface area contributed by atoms with Gasteiger partial charge in [0, 0.05) is 19.6 Å². The number of carbonyl (C=O) groups excluding carboxylic acids is 1. The lowest BCUT2D eigenvalue weighted by molar-refractivity contribution is -0.132. The number of aryl methyl sites for hydroxylation is 1. The molecule has 1 spiro atoms. The minimum atomic E-state index is -0.578. The number of nitrogens with zero attached hydrogens (tertiary/aromatic N) is 2. The first-order chi connectivity index (χ1) is 17.1. The van der Waals surface area contributed by atoms with Gasteiger partial charge in [-0.15, -0.1) is 0 Å². The maximum atomic E-state index is 12.5. The molecule has 0 aromatic heterocycles. The van der Waals surface area contributed by atoms with Gasteiger partial charge in [0.15, 0.2) is 0 Å². The molecule has 6 nitrogen and oxygen atoms in total. The van der Waals surface area contributed by atoms with Crippen molar-refractivity contribution in [2.75, 3.05) is 39.8 Å². The molecule has 6 heteroatoms. The summed E-state index contributed by atoms with van der Waals surface area (Å²) in [6.07, 6.45) is 5.82. The first-order valence-corrected chi connectivity index (χ1v) is 13.0. The fourth-order valence-electron chi connectivity index (χ4n) is 5.92. The predicted octanol–water partition coefficient (Wildman–Crippen LogP) is 3.19. The molecule has 0 radical (unpaired) electrons. The van der Waals surface area contributed by atoms with E-state index in [1.807, 2.05) is 0 Å². The first-order valence-electron chi connectivity index (χ1n) is 13.0. The predicted molar refractivity (Wildman–Crippen MR) is 137 cm³/mol. The summed E-state index contributed by atoms with van der Waals surface area (Å²) in [5.41, 5.74) is 6.95. The quantitative estimate of drug-likeness (QED) is 0.699. The lowest BCUT2D eigenvalue weighted by Gasteiger charge is -2.38. The SMILES string of the molecule is CN1CCC2(CCc3cc(-c4ccc(C[C@@H](C#N)NC(=O)[C@@H]5CNCCCO5)cc4)ccc32)CC1. The number of likely N-dealkylation sites (tertiary alicyclic amines) is 1. The van der Waals surface area contributed by atoms with Crippen molar-refractivity contribution >= 4 is 5.91 Å². The maximum Gasteiger partial charge on any atom is 0.251 e.